The van der Waals surface area contributed by atoms with Crippen molar-refractivity contribution in [3.05, 3.63) is 58.4 Å². The molecule has 3 heteroatoms. The fraction of sp³-hybridized carbons (Fsp3) is 0.312. The van der Waals surface area contributed by atoms with E-state index in [-0.39, 0.29) is 0 Å². The van der Waals surface area contributed by atoms with Crippen molar-refractivity contribution < 1.29 is 5.11 Å². The van der Waals surface area contributed by atoms with E-state index in [1.165, 1.54) is 16.7 Å². The summed E-state index contributed by atoms with van der Waals surface area (Å²) in [6.45, 7) is 7.54. The molecule has 0 amide bonds. The number of hydrogen-bond acceptors (Lipinski definition) is 3. The maximum Gasteiger partial charge on any atom is 0.121 e. The third-order valence-corrected chi connectivity index (χ3v) is 3.34. The lowest BCUT2D eigenvalue weighted by atomic mass is 10.1. The average Bonchev–Trinajstić information content (AvgIpc) is 2.38. The summed E-state index contributed by atoms with van der Waals surface area (Å²) in [7, 11) is 0. The van der Waals surface area contributed by atoms with Gasteiger partial charge < -0.3 is 10.4 Å². The van der Waals surface area contributed by atoms with Crippen LogP contribution in [0.1, 0.15) is 27.8 Å². The molecule has 2 rings (SSSR count). The molecule has 0 spiro atoms. The monoisotopic (exact) mass is 256 g/mol. The molecule has 0 fully saturated rings. The number of rotatable bonds is 4. The Bertz CT molecular complexity index is 556. The van der Waals surface area contributed by atoms with Crippen LogP contribution in [0.5, 0.6) is 5.75 Å². The van der Waals surface area contributed by atoms with Crippen LogP contribution in [0.4, 0.5) is 0 Å². The topological polar surface area (TPSA) is 45.2 Å². The number of benzene rings is 1. The van der Waals surface area contributed by atoms with E-state index in [4.69, 9.17) is 0 Å². The molecule has 0 aliphatic heterocycles. The highest BCUT2D eigenvalue weighted by Crippen LogP contribution is 2.22. The quantitative estimate of drug-likeness (QED) is 0.884. The first-order valence-electron chi connectivity index (χ1n) is 6.47. The first kappa shape index (κ1) is 13.6. The fourth-order valence-corrected chi connectivity index (χ4v) is 2.17. The van der Waals surface area contributed by atoms with E-state index in [1.54, 1.807) is 0 Å². The molecular weight excluding hydrogens is 236 g/mol. The van der Waals surface area contributed by atoms with Crippen LogP contribution in [0.2, 0.25) is 0 Å². The Morgan fingerprint density at radius 2 is 1.74 bits per heavy atom. The van der Waals surface area contributed by atoms with Crippen molar-refractivity contribution in [1.29, 1.82) is 0 Å². The summed E-state index contributed by atoms with van der Waals surface area (Å²) < 4.78 is 0. The van der Waals surface area contributed by atoms with Crippen LogP contribution < -0.4 is 5.32 Å². The number of aromatic hydroxyl groups is 1. The number of phenolic OH excluding ortho intramolecular Hbond substituents is 1. The first-order valence-corrected chi connectivity index (χ1v) is 6.47. The molecule has 100 valence electrons. The first-order chi connectivity index (χ1) is 9.08. The van der Waals surface area contributed by atoms with E-state index in [2.05, 4.69) is 17.2 Å². The summed E-state index contributed by atoms with van der Waals surface area (Å²) in [5.41, 5.74) is 5.51. The van der Waals surface area contributed by atoms with E-state index in [0.29, 0.717) is 5.75 Å². The van der Waals surface area contributed by atoms with Gasteiger partial charge in [-0.05, 0) is 54.7 Å². The van der Waals surface area contributed by atoms with Crippen molar-refractivity contribution in [2.24, 2.45) is 0 Å². The number of aromatic nitrogens is 1. The zero-order chi connectivity index (χ0) is 13.8. The van der Waals surface area contributed by atoms with Gasteiger partial charge in [-0.1, -0.05) is 12.1 Å². The van der Waals surface area contributed by atoms with Crippen LogP contribution in [-0.2, 0) is 13.1 Å². The van der Waals surface area contributed by atoms with E-state index < -0.39 is 0 Å². The molecule has 0 aliphatic carbocycles. The lowest BCUT2D eigenvalue weighted by Gasteiger charge is -2.10. The van der Waals surface area contributed by atoms with Gasteiger partial charge in [0, 0.05) is 25.5 Å². The molecule has 0 radical (unpaired) electrons. The van der Waals surface area contributed by atoms with Gasteiger partial charge >= 0.3 is 0 Å². The standard InChI is InChI=1S/C16H20N2O/c1-11-4-5-17-9-15(11)10-18-8-14-6-12(2)16(19)13(3)7-14/h4-7,9,18-19H,8,10H2,1-3H3. The lowest BCUT2D eigenvalue weighted by Crippen LogP contribution is -2.14. The van der Waals surface area contributed by atoms with E-state index >= 15 is 0 Å². The summed E-state index contributed by atoms with van der Waals surface area (Å²) >= 11 is 0. The zero-order valence-corrected chi connectivity index (χ0v) is 11.7. The van der Waals surface area contributed by atoms with Crippen molar-refractivity contribution in [1.82, 2.24) is 10.3 Å². The minimum absolute atomic E-state index is 0.395. The summed E-state index contributed by atoms with van der Waals surface area (Å²) in [6, 6.07) is 6.06. The van der Waals surface area contributed by atoms with Crippen LogP contribution in [0.15, 0.2) is 30.6 Å². The second kappa shape index (κ2) is 5.85. The Balaban J connectivity index is 1.98. The van der Waals surface area contributed by atoms with Crippen LogP contribution in [0.3, 0.4) is 0 Å². The number of phenols is 1. The van der Waals surface area contributed by atoms with Gasteiger partial charge in [0.2, 0.25) is 0 Å². The third kappa shape index (κ3) is 3.32. The van der Waals surface area contributed by atoms with Crippen molar-refractivity contribution >= 4 is 0 Å². The van der Waals surface area contributed by atoms with Crippen LogP contribution in [-0.4, -0.2) is 10.1 Å². The predicted molar refractivity (Wildman–Crippen MR) is 77.1 cm³/mol. The minimum atomic E-state index is 0.395. The van der Waals surface area contributed by atoms with Gasteiger partial charge in [0.1, 0.15) is 5.75 Å². The number of aryl methyl sites for hydroxylation is 3. The minimum Gasteiger partial charge on any atom is -0.507 e. The molecule has 0 unspecified atom stereocenters. The molecule has 0 saturated heterocycles. The normalized spacial score (nSPS) is 10.7. The van der Waals surface area contributed by atoms with E-state index in [0.717, 1.165) is 24.2 Å². The van der Waals surface area contributed by atoms with Gasteiger partial charge in [-0.2, -0.15) is 0 Å². The molecule has 2 aromatic rings. The van der Waals surface area contributed by atoms with Gasteiger partial charge in [-0.15, -0.1) is 0 Å². The molecule has 1 heterocycles. The largest absolute Gasteiger partial charge is 0.507 e. The van der Waals surface area contributed by atoms with Crippen LogP contribution in [0, 0.1) is 20.8 Å². The van der Waals surface area contributed by atoms with Gasteiger partial charge in [0.25, 0.3) is 0 Å². The van der Waals surface area contributed by atoms with Crippen molar-refractivity contribution in [2.75, 3.05) is 0 Å². The number of nitrogens with one attached hydrogen (secondary N) is 1. The molecule has 0 aliphatic rings. The molecule has 0 bridgehead atoms. The summed E-state index contributed by atoms with van der Waals surface area (Å²) in [4.78, 5) is 4.14. The van der Waals surface area contributed by atoms with Gasteiger partial charge in [-0.3, -0.25) is 4.98 Å². The predicted octanol–water partition coefficient (Wildman–Crippen LogP) is 3.00. The van der Waals surface area contributed by atoms with Crippen LogP contribution in [0.25, 0.3) is 0 Å². The van der Waals surface area contributed by atoms with Crippen LogP contribution >= 0.6 is 0 Å². The maximum absolute atomic E-state index is 9.74. The lowest BCUT2D eigenvalue weighted by molar-refractivity contribution is 0.466. The Morgan fingerprint density at radius 1 is 1.05 bits per heavy atom. The van der Waals surface area contributed by atoms with Crippen molar-refractivity contribution in [2.45, 2.75) is 33.9 Å². The molecule has 2 N–H and O–H groups in total. The van der Waals surface area contributed by atoms with E-state index in [1.807, 2.05) is 44.4 Å². The SMILES string of the molecule is Cc1ccncc1CNCc1cc(C)c(O)c(C)c1. The van der Waals surface area contributed by atoms with E-state index in [9.17, 15) is 5.11 Å². The molecule has 1 aromatic heterocycles. The van der Waals surface area contributed by atoms with Gasteiger partial charge in [0.15, 0.2) is 0 Å². The van der Waals surface area contributed by atoms with Crippen molar-refractivity contribution in [3.63, 3.8) is 0 Å². The molecule has 0 saturated carbocycles. The smallest absolute Gasteiger partial charge is 0.121 e. The summed E-state index contributed by atoms with van der Waals surface area (Å²) in [5, 5.41) is 13.2. The Kier molecular flexibility index (Phi) is 4.17. The number of nitrogens with zero attached hydrogens (tertiary/aromatic N) is 1. The molecule has 3 nitrogen and oxygen atoms in total. The highest BCUT2D eigenvalue weighted by molar-refractivity contribution is 5.42. The fourth-order valence-electron chi connectivity index (χ4n) is 2.17. The molecular formula is C16H20N2O. The second-order valence-corrected chi connectivity index (χ2v) is 4.98. The third-order valence-electron chi connectivity index (χ3n) is 3.34. The molecule has 0 atom stereocenters. The summed E-state index contributed by atoms with van der Waals surface area (Å²) in [5.74, 6) is 0.395. The Hall–Kier alpha value is -1.87. The molecule has 19 heavy (non-hydrogen) atoms. The second-order valence-electron chi connectivity index (χ2n) is 4.98. The Labute approximate surface area is 114 Å². The maximum atomic E-state index is 9.74. The average molecular weight is 256 g/mol. The zero-order valence-electron chi connectivity index (χ0n) is 11.7. The molecule has 1 aromatic carbocycles. The Morgan fingerprint density at radius 3 is 2.37 bits per heavy atom. The highest BCUT2D eigenvalue weighted by atomic mass is 16.3. The van der Waals surface area contributed by atoms with Gasteiger partial charge in [0.05, 0.1) is 0 Å². The number of hydrogen-bond donors (Lipinski definition) is 2. The number of pyridine rings is 1. The highest BCUT2D eigenvalue weighted by Gasteiger charge is 2.03. The summed E-state index contributed by atoms with van der Waals surface area (Å²) in [6.07, 6.45) is 3.71. The van der Waals surface area contributed by atoms with Gasteiger partial charge in [-0.25, -0.2) is 0 Å². The van der Waals surface area contributed by atoms with Crippen molar-refractivity contribution in [3.8, 4) is 5.75 Å².